The van der Waals surface area contributed by atoms with Crippen molar-refractivity contribution >= 4 is 11.6 Å². The molecule has 0 atom stereocenters. The SMILES string of the molecule is FC(F)(F)c1cnc(Cl)c(-n2cccc2)c1. The highest BCUT2D eigenvalue weighted by molar-refractivity contribution is 6.31. The van der Waals surface area contributed by atoms with Crippen molar-refractivity contribution in [2.45, 2.75) is 6.18 Å². The van der Waals surface area contributed by atoms with Crippen molar-refractivity contribution in [3.05, 3.63) is 47.5 Å². The van der Waals surface area contributed by atoms with Gasteiger partial charge in [-0.1, -0.05) is 11.6 Å². The van der Waals surface area contributed by atoms with Crippen LogP contribution in [0.2, 0.25) is 5.15 Å². The van der Waals surface area contributed by atoms with Crippen LogP contribution in [0.3, 0.4) is 0 Å². The quantitative estimate of drug-likeness (QED) is 0.704. The molecular formula is C10H6ClF3N2. The van der Waals surface area contributed by atoms with E-state index in [0.717, 1.165) is 12.3 Å². The molecular weight excluding hydrogens is 241 g/mol. The highest BCUT2D eigenvalue weighted by atomic mass is 35.5. The lowest BCUT2D eigenvalue weighted by Crippen LogP contribution is -2.07. The van der Waals surface area contributed by atoms with Crippen molar-refractivity contribution in [1.82, 2.24) is 9.55 Å². The number of aromatic nitrogens is 2. The van der Waals surface area contributed by atoms with E-state index in [1.165, 1.54) is 4.57 Å². The number of halogens is 4. The maximum atomic E-state index is 12.4. The Morgan fingerprint density at radius 3 is 2.38 bits per heavy atom. The van der Waals surface area contributed by atoms with Crippen LogP contribution in [0.25, 0.3) is 5.69 Å². The van der Waals surface area contributed by atoms with Crippen LogP contribution in [0.5, 0.6) is 0 Å². The average Bonchev–Trinajstić information content (AvgIpc) is 2.69. The second-order valence-corrected chi connectivity index (χ2v) is 3.48. The van der Waals surface area contributed by atoms with Crippen LogP contribution in [0, 0.1) is 0 Å². The third-order valence-electron chi connectivity index (χ3n) is 2.03. The standard InChI is InChI=1S/C10H6ClF3N2/c11-9-8(16-3-1-2-4-16)5-7(6-15-9)10(12,13)14/h1-6H. The van der Waals surface area contributed by atoms with Gasteiger partial charge in [-0.05, 0) is 18.2 Å². The van der Waals surface area contributed by atoms with Gasteiger partial charge in [-0.15, -0.1) is 0 Å². The summed E-state index contributed by atoms with van der Waals surface area (Å²) in [4.78, 5) is 3.53. The van der Waals surface area contributed by atoms with Gasteiger partial charge in [-0.3, -0.25) is 0 Å². The predicted molar refractivity (Wildman–Crippen MR) is 53.6 cm³/mol. The summed E-state index contributed by atoms with van der Waals surface area (Å²) in [6.45, 7) is 0. The van der Waals surface area contributed by atoms with Crippen LogP contribution in [0.15, 0.2) is 36.8 Å². The molecule has 2 heterocycles. The summed E-state index contributed by atoms with van der Waals surface area (Å²) in [7, 11) is 0. The molecule has 0 saturated carbocycles. The third kappa shape index (κ3) is 2.04. The second-order valence-electron chi connectivity index (χ2n) is 3.12. The minimum absolute atomic E-state index is 0.0317. The average molecular weight is 247 g/mol. The molecule has 0 aliphatic carbocycles. The molecule has 2 nitrogen and oxygen atoms in total. The zero-order valence-electron chi connectivity index (χ0n) is 7.87. The van der Waals surface area contributed by atoms with E-state index in [1.807, 2.05) is 0 Å². The number of hydrogen-bond donors (Lipinski definition) is 0. The van der Waals surface area contributed by atoms with Gasteiger partial charge in [-0.2, -0.15) is 13.2 Å². The number of pyridine rings is 1. The molecule has 0 spiro atoms. The summed E-state index contributed by atoms with van der Waals surface area (Å²) in [6, 6.07) is 4.35. The molecule has 0 radical (unpaired) electrons. The van der Waals surface area contributed by atoms with Gasteiger partial charge in [0.05, 0.1) is 11.3 Å². The molecule has 6 heteroatoms. The topological polar surface area (TPSA) is 17.8 Å². The summed E-state index contributed by atoms with van der Waals surface area (Å²) in [6.07, 6.45) is -0.499. The Morgan fingerprint density at radius 1 is 1.19 bits per heavy atom. The number of nitrogens with zero attached hydrogens (tertiary/aromatic N) is 2. The van der Waals surface area contributed by atoms with E-state index in [2.05, 4.69) is 4.98 Å². The van der Waals surface area contributed by atoms with E-state index in [-0.39, 0.29) is 10.8 Å². The maximum absolute atomic E-state index is 12.4. The fraction of sp³-hybridized carbons (Fsp3) is 0.100. The predicted octanol–water partition coefficient (Wildman–Crippen LogP) is 3.54. The van der Waals surface area contributed by atoms with E-state index >= 15 is 0 Å². The number of rotatable bonds is 1. The largest absolute Gasteiger partial charge is 0.417 e. The van der Waals surface area contributed by atoms with E-state index in [1.54, 1.807) is 24.5 Å². The van der Waals surface area contributed by atoms with E-state index in [4.69, 9.17) is 11.6 Å². The van der Waals surface area contributed by atoms with Crippen LogP contribution >= 0.6 is 11.6 Å². The number of alkyl halides is 3. The van der Waals surface area contributed by atoms with E-state index < -0.39 is 11.7 Å². The van der Waals surface area contributed by atoms with Crippen molar-refractivity contribution in [3.8, 4) is 5.69 Å². The molecule has 0 aliphatic heterocycles. The van der Waals surface area contributed by atoms with Gasteiger partial charge < -0.3 is 4.57 Å². The van der Waals surface area contributed by atoms with Gasteiger partial charge in [0.2, 0.25) is 0 Å². The first kappa shape index (κ1) is 11.0. The molecule has 0 aromatic carbocycles. The minimum atomic E-state index is -4.42. The van der Waals surface area contributed by atoms with Gasteiger partial charge in [-0.25, -0.2) is 4.98 Å². The van der Waals surface area contributed by atoms with E-state index in [9.17, 15) is 13.2 Å². The molecule has 84 valence electrons. The molecule has 2 aromatic heterocycles. The first-order valence-corrected chi connectivity index (χ1v) is 4.72. The maximum Gasteiger partial charge on any atom is 0.417 e. The number of hydrogen-bond acceptors (Lipinski definition) is 1. The molecule has 0 amide bonds. The van der Waals surface area contributed by atoms with Crippen molar-refractivity contribution in [3.63, 3.8) is 0 Å². The van der Waals surface area contributed by atoms with Crippen molar-refractivity contribution in [2.24, 2.45) is 0 Å². The molecule has 0 saturated heterocycles. The van der Waals surface area contributed by atoms with Crippen molar-refractivity contribution in [1.29, 1.82) is 0 Å². The Bertz CT molecular complexity index is 491. The zero-order valence-corrected chi connectivity index (χ0v) is 8.63. The summed E-state index contributed by atoms with van der Waals surface area (Å²) in [5.41, 5.74) is -0.609. The van der Waals surface area contributed by atoms with Gasteiger partial charge in [0.25, 0.3) is 0 Å². The normalized spacial score (nSPS) is 11.8. The zero-order chi connectivity index (χ0) is 11.8. The summed E-state index contributed by atoms with van der Waals surface area (Å²) in [5.74, 6) is 0. The summed E-state index contributed by atoms with van der Waals surface area (Å²) >= 11 is 5.74. The Kier molecular flexibility index (Phi) is 2.63. The third-order valence-corrected chi connectivity index (χ3v) is 2.32. The van der Waals surface area contributed by atoms with Gasteiger partial charge in [0.1, 0.15) is 0 Å². The van der Waals surface area contributed by atoms with Gasteiger partial charge in [0, 0.05) is 18.6 Å². The van der Waals surface area contributed by atoms with Crippen LogP contribution in [-0.2, 0) is 6.18 Å². The van der Waals surface area contributed by atoms with Crippen molar-refractivity contribution < 1.29 is 13.2 Å². The lowest BCUT2D eigenvalue weighted by Gasteiger charge is -2.10. The van der Waals surface area contributed by atoms with E-state index in [0.29, 0.717) is 0 Å². The van der Waals surface area contributed by atoms with Crippen LogP contribution in [0.4, 0.5) is 13.2 Å². The molecule has 0 unspecified atom stereocenters. The van der Waals surface area contributed by atoms with Crippen molar-refractivity contribution in [2.75, 3.05) is 0 Å². The molecule has 2 aromatic rings. The molecule has 0 N–H and O–H groups in total. The molecule has 0 fully saturated rings. The minimum Gasteiger partial charge on any atom is -0.321 e. The first-order valence-electron chi connectivity index (χ1n) is 4.34. The Morgan fingerprint density at radius 2 is 1.81 bits per heavy atom. The molecule has 16 heavy (non-hydrogen) atoms. The smallest absolute Gasteiger partial charge is 0.321 e. The Balaban J connectivity index is 2.54. The second kappa shape index (κ2) is 3.83. The van der Waals surface area contributed by atoms with Crippen LogP contribution in [-0.4, -0.2) is 9.55 Å². The summed E-state index contributed by atoms with van der Waals surface area (Å²) in [5, 5.41) is 0.0317. The first-order chi connectivity index (χ1) is 7.48. The fourth-order valence-corrected chi connectivity index (χ4v) is 1.47. The molecule has 2 rings (SSSR count). The highest BCUT2D eigenvalue weighted by Gasteiger charge is 2.31. The van der Waals surface area contributed by atoms with Gasteiger partial charge >= 0.3 is 6.18 Å². The van der Waals surface area contributed by atoms with Gasteiger partial charge in [0.15, 0.2) is 5.15 Å². The Hall–Kier alpha value is -1.49. The van der Waals surface area contributed by atoms with Crippen LogP contribution in [0.1, 0.15) is 5.56 Å². The van der Waals surface area contributed by atoms with Crippen LogP contribution < -0.4 is 0 Å². The molecule has 0 aliphatic rings. The lowest BCUT2D eigenvalue weighted by atomic mass is 10.2. The Labute approximate surface area is 94.3 Å². The highest BCUT2D eigenvalue weighted by Crippen LogP contribution is 2.31. The summed E-state index contributed by atoms with van der Waals surface area (Å²) < 4.78 is 38.8. The monoisotopic (exact) mass is 246 g/mol. The molecule has 0 bridgehead atoms. The fourth-order valence-electron chi connectivity index (χ4n) is 1.27. The lowest BCUT2D eigenvalue weighted by molar-refractivity contribution is -0.137.